The minimum absolute atomic E-state index is 0.0371. The van der Waals surface area contributed by atoms with E-state index in [9.17, 15) is 27.6 Å². The molecule has 11 heteroatoms. The summed E-state index contributed by atoms with van der Waals surface area (Å²) >= 11 is 0. The standard InChI is InChI=1S/C12H7F3N4O4/c13-12(14,15)11(22)23-7-2-5-6(19-8(7)10(17)21)1-4(3-18-5)9(16)20/h1-3H,(H2,16,20)(H2,17,21). The van der Waals surface area contributed by atoms with Crippen LogP contribution in [0.1, 0.15) is 20.8 Å². The van der Waals surface area contributed by atoms with Crippen molar-refractivity contribution in [3.05, 3.63) is 29.6 Å². The van der Waals surface area contributed by atoms with Crippen molar-refractivity contribution < 1.29 is 32.3 Å². The van der Waals surface area contributed by atoms with Crippen LogP contribution in [-0.2, 0) is 4.79 Å². The predicted octanol–water partition coefficient (Wildman–Crippen LogP) is 0.295. The first-order valence-corrected chi connectivity index (χ1v) is 5.79. The minimum Gasteiger partial charge on any atom is -0.417 e. The van der Waals surface area contributed by atoms with E-state index in [2.05, 4.69) is 14.7 Å². The number of fused-ring (bicyclic) bond motifs is 1. The van der Waals surface area contributed by atoms with Gasteiger partial charge in [0.05, 0.1) is 16.6 Å². The highest BCUT2D eigenvalue weighted by Crippen LogP contribution is 2.25. The number of aromatic nitrogens is 2. The van der Waals surface area contributed by atoms with E-state index in [1.165, 1.54) is 0 Å². The first-order valence-electron chi connectivity index (χ1n) is 5.79. The maximum absolute atomic E-state index is 12.2. The van der Waals surface area contributed by atoms with Crippen molar-refractivity contribution in [3.63, 3.8) is 0 Å². The molecule has 0 saturated carbocycles. The second kappa shape index (κ2) is 5.51. The first-order chi connectivity index (χ1) is 10.6. The Morgan fingerprint density at radius 1 is 1.04 bits per heavy atom. The van der Waals surface area contributed by atoms with Crippen molar-refractivity contribution >= 4 is 28.8 Å². The molecule has 120 valence electrons. The maximum Gasteiger partial charge on any atom is 0.491 e. The number of esters is 1. The number of carbonyl (C=O) groups is 3. The van der Waals surface area contributed by atoms with Crippen molar-refractivity contribution in [1.29, 1.82) is 0 Å². The van der Waals surface area contributed by atoms with Crippen molar-refractivity contribution in [2.24, 2.45) is 11.5 Å². The smallest absolute Gasteiger partial charge is 0.417 e. The Hall–Kier alpha value is -3.24. The summed E-state index contributed by atoms with van der Waals surface area (Å²) in [5, 5.41) is 0. The van der Waals surface area contributed by atoms with Gasteiger partial charge in [0.1, 0.15) is 0 Å². The van der Waals surface area contributed by atoms with Gasteiger partial charge in [-0.3, -0.25) is 14.6 Å². The van der Waals surface area contributed by atoms with E-state index in [0.29, 0.717) is 0 Å². The van der Waals surface area contributed by atoms with Crippen molar-refractivity contribution in [2.45, 2.75) is 6.18 Å². The van der Waals surface area contributed by atoms with Crippen LogP contribution in [0, 0.1) is 0 Å². The molecular weight excluding hydrogens is 321 g/mol. The molecule has 0 spiro atoms. The number of nitrogens with two attached hydrogens (primary N) is 2. The Labute approximate surface area is 125 Å². The first kappa shape index (κ1) is 16.1. The molecule has 0 radical (unpaired) electrons. The number of halogens is 3. The average molecular weight is 328 g/mol. The molecule has 2 amide bonds. The number of hydrogen-bond acceptors (Lipinski definition) is 6. The zero-order chi connectivity index (χ0) is 17.4. The molecule has 4 N–H and O–H groups in total. The monoisotopic (exact) mass is 328 g/mol. The molecule has 8 nitrogen and oxygen atoms in total. The van der Waals surface area contributed by atoms with Crippen LogP contribution in [0.4, 0.5) is 13.2 Å². The second-order valence-electron chi connectivity index (χ2n) is 4.21. The average Bonchev–Trinajstić information content (AvgIpc) is 2.44. The summed E-state index contributed by atoms with van der Waals surface area (Å²) in [6, 6.07) is 2.03. The Morgan fingerprint density at radius 2 is 1.70 bits per heavy atom. The molecule has 0 aliphatic rings. The van der Waals surface area contributed by atoms with Gasteiger partial charge in [-0.2, -0.15) is 13.2 Å². The van der Waals surface area contributed by atoms with Crippen LogP contribution in [0.2, 0.25) is 0 Å². The number of alkyl halides is 3. The third kappa shape index (κ3) is 3.33. The van der Waals surface area contributed by atoms with E-state index in [1.807, 2.05) is 0 Å². The number of nitrogens with zero attached hydrogens (tertiary/aromatic N) is 2. The lowest BCUT2D eigenvalue weighted by molar-refractivity contribution is -0.189. The molecule has 0 atom stereocenters. The Bertz CT molecular complexity index is 835. The Balaban J connectivity index is 2.58. The van der Waals surface area contributed by atoms with Gasteiger partial charge in [0.2, 0.25) is 5.91 Å². The molecular formula is C12H7F3N4O4. The number of primary amides is 2. The molecule has 0 saturated heterocycles. The molecule has 0 unspecified atom stereocenters. The topological polar surface area (TPSA) is 138 Å². The summed E-state index contributed by atoms with van der Waals surface area (Å²) in [6.45, 7) is 0. The van der Waals surface area contributed by atoms with E-state index >= 15 is 0 Å². The van der Waals surface area contributed by atoms with Gasteiger partial charge in [0.15, 0.2) is 11.4 Å². The lowest BCUT2D eigenvalue weighted by Gasteiger charge is -2.10. The fraction of sp³-hybridized carbons (Fsp3) is 0.0833. The van der Waals surface area contributed by atoms with Gasteiger partial charge in [-0.1, -0.05) is 0 Å². The summed E-state index contributed by atoms with van der Waals surface area (Å²) in [6.07, 6.45) is -4.22. The van der Waals surface area contributed by atoms with E-state index in [1.54, 1.807) is 0 Å². The van der Waals surface area contributed by atoms with Gasteiger partial charge < -0.3 is 16.2 Å². The fourth-order valence-corrected chi connectivity index (χ4v) is 1.58. The zero-order valence-corrected chi connectivity index (χ0v) is 11.0. The number of rotatable bonds is 3. The van der Waals surface area contributed by atoms with Crippen LogP contribution >= 0.6 is 0 Å². The van der Waals surface area contributed by atoms with Crippen molar-refractivity contribution in [3.8, 4) is 5.75 Å². The Kier molecular flexibility index (Phi) is 3.87. The quantitative estimate of drug-likeness (QED) is 0.777. The number of hydrogen-bond donors (Lipinski definition) is 2. The van der Waals surface area contributed by atoms with E-state index in [-0.39, 0.29) is 16.6 Å². The van der Waals surface area contributed by atoms with Crippen molar-refractivity contribution in [1.82, 2.24) is 9.97 Å². The molecule has 2 rings (SSSR count). The normalized spacial score (nSPS) is 11.3. The maximum atomic E-state index is 12.2. The summed E-state index contributed by atoms with van der Waals surface area (Å²) in [5.74, 6) is -5.41. The van der Waals surface area contributed by atoms with E-state index in [4.69, 9.17) is 11.5 Å². The summed E-state index contributed by atoms with van der Waals surface area (Å²) in [4.78, 5) is 40.6. The molecule has 2 aromatic rings. The highest BCUT2D eigenvalue weighted by molar-refractivity contribution is 5.99. The Morgan fingerprint density at radius 3 is 2.22 bits per heavy atom. The van der Waals surface area contributed by atoms with Crippen LogP contribution < -0.4 is 16.2 Å². The molecule has 23 heavy (non-hydrogen) atoms. The highest BCUT2D eigenvalue weighted by Gasteiger charge is 2.42. The number of carbonyl (C=O) groups excluding carboxylic acids is 3. The number of amides is 2. The fourth-order valence-electron chi connectivity index (χ4n) is 1.58. The molecule has 0 bridgehead atoms. The lowest BCUT2D eigenvalue weighted by atomic mass is 10.2. The largest absolute Gasteiger partial charge is 0.491 e. The third-order valence-corrected chi connectivity index (χ3v) is 2.58. The molecule has 2 aromatic heterocycles. The van der Waals surface area contributed by atoms with Gasteiger partial charge in [0.25, 0.3) is 5.91 Å². The van der Waals surface area contributed by atoms with Gasteiger partial charge in [-0.25, -0.2) is 9.78 Å². The van der Waals surface area contributed by atoms with Crippen LogP contribution in [0.25, 0.3) is 11.0 Å². The SMILES string of the molecule is NC(=O)c1cnc2cc(OC(=O)C(F)(F)F)c(C(N)=O)nc2c1. The summed E-state index contributed by atoms with van der Waals surface area (Å²) < 4.78 is 40.8. The van der Waals surface area contributed by atoms with E-state index in [0.717, 1.165) is 18.3 Å². The third-order valence-electron chi connectivity index (χ3n) is 2.58. The van der Waals surface area contributed by atoms with Crippen molar-refractivity contribution in [2.75, 3.05) is 0 Å². The van der Waals surface area contributed by atoms with Crippen LogP contribution in [-0.4, -0.2) is 33.9 Å². The highest BCUT2D eigenvalue weighted by atomic mass is 19.4. The number of pyridine rings is 2. The van der Waals surface area contributed by atoms with Gasteiger partial charge in [0, 0.05) is 12.3 Å². The number of ether oxygens (including phenoxy) is 1. The van der Waals surface area contributed by atoms with Crippen LogP contribution in [0.3, 0.4) is 0 Å². The second-order valence-corrected chi connectivity index (χ2v) is 4.21. The minimum atomic E-state index is -5.27. The molecule has 2 heterocycles. The van der Waals surface area contributed by atoms with Gasteiger partial charge in [-0.15, -0.1) is 0 Å². The predicted molar refractivity (Wildman–Crippen MR) is 68.3 cm³/mol. The van der Waals surface area contributed by atoms with Gasteiger partial charge >= 0.3 is 12.1 Å². The summed E-state index contributed by atoms with van der Waals surface area (Å²) in [5.41, 5.74) is 9.21. The molecule has 0 fully saturated rings. The van der Waals surface area contributed by atoms with Crippen LogP contribution in [0.5, 0.6) is 5.75 Å². The van der Waals surface area contributed by atoms with Crippen LogP contribution in [0.15, 0.2) is 18.3 Å². The summed E-state index contributed by atoms with van der Waals surface area (Å²) in [7, 11) is 0. The molecule has 0 aromatic carbocycles. The van der Waals surface area contributed by atoms with Gasteiger partial charge in [-0.05, 0) is 6.07 Å². The zero-order valence-electron chi connectivity index (χ0n) is 11.0. The molecule has 0 aliphatic heterocycles. The lowest BCUT2D eigenvalue weighted by Crippen LogP contribution is -2.29. The van der Waals surface area contributed by atoms with E-state index < -0.39 is 35.4 Å². The molecule has 0 aliphatic carbocycles.